The molecule has 0 bridgehead atoms. The number of fused-ring (bicyclic) bond motifs is 6. The molecule has 2 aromatic heterocycles. The van der Waals surface area contributed by atoms with Crippen LogP contribution in [0.2, 0.25) is 0 Å². The first-order chi connectivity index (χ1) is 14.7. The molecule has 0 aliphatic carbocycles. The second kappa shape index (κ2) is 6.19. The number of rotatable bonds is 1. The summed E-state index contributed by atoms with van der Waals surface area (Å²) in [5, 5.41) is 3.41. The molecule has 2 amide bonds. The van der Waals surface area contributed by atoms with E-state index in [1.807, 2.05) is 66.7 Å². The maximum atomic E-state index is 13.7. The Morgan fingerprint density at radius 3 is 2.37 bits per heavy atom. The van der Waals surface area contributed by atoms with Crippen molar-refractivity contribution >= 4 is 50.1 Å². The fraction of sp³-hybridized carbons (Fsp3) is 0.0400. The molecule has 0 spiro atoms. The summed E-state index contributed by atoms with van der Waals surface area (Å²) in [6.45, 7) is 0. The van der Waals surface area contributed by atoms with E-state index in [0.717, 1.165) is 32.6 Å². The van der Waals surface area contributed by atoms with Gasteiger partial charge in [0, 0.05) is 23.2 Å². The SMILES string of the molecule is O=C1Cc2ccc3ccccc3c2C(=O)N1c1cc2cccnc2c2ncccc12. The van der Waals surface area contributed by atoms with Gasteiger partial charge in [0.15, 0.2) is 0 Å². The Hall–Kier alpha value is -4.12. The summed E-state index contributed by atoms with van der Waals surface area (Å²) < 4.78 is 0. The summed E-state index contributed by atoms with van der Waals surface area (Å²) in [4.78, 5) is 37.1. The molecule has 5 aromatic rings. The van der Waals surface area contributed by atoms with Crippen molar-refractivity contribution in [2.45, 2.75) is 6.42 Å². The van der Waals surface area contributed by atoms with Gasteiger partial charge in [-0.1, -0.05) is 42.5 Å². The summed E-state index contributed by atoms with van der Waals surface area (Å²) >= 11 is 0. The molecule has 3 aromatic carbocycles. The number of carbonyl (C=O) groups is 2. The van der Waals surface area contributed by atoms with Crippen molar-refractivity contribution in [3.05, 3.63) is 90.3 Å². The van der Waals surface area contributed by atoms with E-state index in [9.17, 15) is 9.59 Å². The molecular weight excluding hydrogens is 374 g/mol. The van der Waals surface area contributed by atoms with E-state index in [0.29, 0.717) is 16.8 Å². The Bertz CT molecular complexity index is 1520. The minimum atomic E-state index is -0.300. The number of hydrogen-bond donors (Lipinski definition) is 0. The van der Waals surface area contributed by atoms with E-state index in [1.165, 1.54) is 4.90 Å². The van der Waals surface area contributed by atoms with Gasteiger partial charge in [0.1, 0.15) is 0 Å². The number of imide groups is 1. The van der Waals surface area contributed by atoms with Gasteiger partial charge in [-0.2, -0.15) is 0 Å². The van der Waals surface area contributed by atoms with Crippen molar-refractivity contribution in [3.63, 3.8) is 0 Å². The van der Waals surface area contributed by atoms with Gasteiger partial charge in [0.05, 0.1) is 28.7 Å². The average Bonchev–Trinajstić information content (AvgIpc) is 2.78. The number of carbonyl (C=O) groups excluding carboxylic acids is 2. The summed E-state index contributed by atoms with van der Waals surface area (Å²) in [7, 11) is 0. The van der Waals surface area contributed by atoms with Gasteiger partial charge >= 0.3 is 0 Å². The monoisotopic (exact) mass is 389 g/mol. The molecular formula is C25H15N3O2. The minimum Gasteiger partial charge on any atom is -0.274 e. The van der Waals surface area contributed by atoms with Gasteiger partial charge in [-0.05, 0) is 40.6 Å². The lowest BCUT2D eigenvalue weighted by Crippen LogP contribution is -2.42. The highest BCUT2D eigenvalue weighted by atomic mass is 16.2. The van der Waals surface area contributed by atoms with Crippen LogP contribution in [0.3, 0.4) is 0 Å². The highest BCUT2D eigenvalue weighted by Crippen LogP contribution is 2.36. The van der Waals surface area contributed by atoms with Crippen LogP contribution in [0, 0.1) is 0 Å². The molecule has 30 heavy (non-hydrogen) atoms. The van der Waals surface area contributed by atoms with E-state index >= 15 is 0 Å². The summed E-state index contributed by atoms with van der Waals surface area (Å²) in [6, 6.07) is 20.9. The molecule has 1 aliphatic rings. The molecule has 5 heteroatoms. The van der Waals surface area contributed by atoms with Gasteiger partial charge in [-0.25, -0.2) is 4.90 Å². The molecule has 6 rings (SSSR count). The second-order valence-corrected chi connectivity index (χ2v) is 7.40. The van der Waals surface area contributed by atoms with Crippen LogP contribution in [0.4, 0.5) is 5.69 Å². The Morgan fingerprint density at radius 2 is 1.47 bits per heavy atom. The van der Waals surface area contributed by atoms with Crippen molar-refractivity contribution in [1.82, 2.24) is 9.97 Å². The van der Waals surface area contributed by atoms with Crippen molar-refractivity contribution in [2.75, 3.05) is 4.90 Å². The van der Waals surface area contributed by atoms with Gasteiger partial charge in [-0.3, -0.25) is 19.6 Å². The maximum absolute atomic E-state index is 13.7. The summed E-state index contributed by atoms with van der Waals surface area (Å²) in [6.07, 6.45) is 3.59. The molecule has 142 valence electrons. The first-order valence-electron chi connectivity index (χ1n) is 9.73. The highest BCUT2D eigenvalue weighted by molar-refractivity contribution is 6.31. The third kappa shape index (κ3) is 2.29. The lowest BCUT2D eigenvalue weighted by molar-refractivity contribution is -0.117. The fourth-order valence-corrected chi connectivity index (χ4v) is 4.37. The van der Waals surface area contributed by atoms with E-state index in [1.54, 1.807) is 12.4 Å². The number of amides is 2. The fourth-order valence-electron chi connectivity index (χ4n) is 4.37. The standard InChI is InChI=1S/C25H15N3O2/c29-21-14-16-10-9-15-5-1-2-7-18(15)22(16)25(30)28(21)20-13-17-6-3-11-26-23(17)24-19(20)8-4-12-27-24/h1-13H,14H2. The molecule has 0 unspecified atom stereocenters. The highest BCUT2D eigenvalue weighted by Gasteiger charge is 2.34. The molecule has 0 saturated heterocycles. The lowest BCUT2D eigenvalue weighted by Gasteiger charge is -2.29. The third-order valence-electron chi connectivity index (χ3n) is 5.70. The van der Waals surface area contributed by atoms with Crippen LogP contribution in [-0.4, -0.2) is 21.8 Å². The molecule has 0 saturated carbocycles. The number of nitrogens with zero attached hydrogens (tertiary/aromatic N) is 3. The Labute approximate surface area is 171 Å². The van der Waals surface area contributed by atoms with Crippen LogP contribution in [0.5, 0.6) is 0 Å². The van der Waals surface area contributed by atoms with Gasteiger partial charge in [0.2, 0.25) is 5.91 Å². The van der Waals surface area contributed by atoms with Crippen LogP contribution in [0.1, 0.15) is 15.9 Å². The van der Waals surface area contributed by atoms with Crippen LogP contribution < -0.4 is 4.90 Å². The number of pyridine rings is 2. The summed E-state index contributed by atoms with van der Waals surface area (Å²) in [5.74, 6) is -0.539. The third-order valence-corrected chi connectivity index (χ3v) is 5.70. The number of anilines is 1. The second-order valence-electron chi connectivity index (χ2n) is 7.40. The molecule has 0 N–H and O–H groups in total. The van der Waals surface area contributed by atoms with E-state index < -0.39 is 0 Å². The number of benzene rings is 3. The normalized spacial score (nSPS) is 13.9. The van der Waals surface area contributed by atoms with Gasteiger partial charge in [-0.15, -0.1) is 0 Å². The van der Waals surface area contributed by atoms with Crippen molar-refractivity contribution in [3.8, 4) is 0 Å². The smallest absolute Gasteiger partial charge is 0.266 e. The topological polar surface area (TPSA) is 63.2 Å². The molecule has 3 heterocycles. The first-order valence-corrected chi connectivity index (χ1v) is 9.73. The molecule has 5 nitrogen and oxygen atoms in total. The van der Waals surface area contributed by atoms with Crippen molar-refractivity contribution in [1.29, 1.82) is 0 Å². The van der Waals surface area contributed by atoms with Crippen LogP contribution in [0.25, 0.3) is 32.6 Å². The molecule has 0 atom stereocenters. The molecule has 1 aliphatic heterocycles. The number of hydrogen-bond acceptors (Lipinski definition) is 4. The largest absolute Gasteiger partial charge is 0.274 e. The quantitative estimate of drug-likeness (QED) is 0.309. The zero-order chi connectivity index (χ0) is 20.2. The molecule has 0 radical (unpaired) electrons. The van der Waals surface area contributed by atoms with Crippen molar-refractivity contribution < 1.29 is 9.59 Å². The molecule has 0 fully saturated rings. The van der Waals surface area contributed by atoms with E-state index in [4.69, 9.17) is 0 Å². The van der Waals surface area contributed by atoms with Crippen LogP contribution in [0.15, 0.2) is 79.1 Å². The van der Waals surface area contributed by atoms with Crippen molar-refractivity contribution in [2.24, 2.45) is 0 Å². The summed E-state index contributed by atoms with van der Waals surface area (Å²) in [5.41, 5.74) is 3.34. The Balaban J connectivity index is 1.65. The van der Waals surface area contributed by atoms with E-state index in [2.05, 4.69) is 9.97 Å². The van der Waals surface area contributed by atoms with E-state index in [-0.39, 0.29) is 18.2 Å². The maximum Gasteiger partial charge on any atom is 0.266 e. The zero-order valence-corrected chi connectivity index (χ0v) is 15.9. The van der Waals surface area contributed by atoms with Crippen LogP contribution in [-0.2, 0) is 11.2 Å². The van der Waals surface area contributed by atoms with Gasteiger partial charge in [0.25, 0.3) is 5.91 Å². The number of aromatic nitrogens is 2. The van der Waals surface area contributed by atoms with Gasteiger partial charge < -0.3 is 0 Å². The Morgan fingerprint density at radius 1 is 0.733 bits per heavy atom. The average molecular weight is 389 g/mol. The first kappa shape index (κ1) is 16.8. The zero-order valence-electron chi connectivity index (χ0n) is 15.9. The minimum absolute atomic E-state index is 0.179. The predicted octanol–water partition coefficient (Wildman–Crippen LogP) is 4.67. The Kier molecular flexibility index (Phi) is 3.47. The lowest BCUT2D eigenvalue weighted by atomic mass is 9.92. The predicted molar refractivity (Wildman–Crippen MR) is 117 cm³/mol. The van der Waals surface area contributed by atoms with Crippen LogP contribution >= 0.6 is 0 Å².